The Hall–Kier alpha value is -1.39. The molecule has 0 aliphatic heterocycles. The highest BCUT2D eigenvalue weighted by molar-refractivity contribution is 5.76. The van der Waals surface area contributed by atoms with Gasteiger partial charge in [-0.3, -0.25) is 4.79 Å². The Morgan fingerprint density at radius 3 is 2.50 bits per heavy atom. The molecule has 1 aromatic rings. The summed E-state index contributed by atoms with van der Waals surface area (Å²) in [6, 6.07) is 8.94. The molecule has 1 amide bonds. The standard InChI is InChI=1S/C12H17NO3/c14-8-4-7-12(16)13-11(9-15)10-5-2-1-3-6-10/h1-3,5-6,11,14-15H,4,7-9H2,(H,13,16). The summed E-state index contributed by atoms with van der Waals surface area (Å²) in [5.74, 6) is -0.156. The van der Waals surface area contributed by atoms with Crippen molar-refractivity contribution in [2.75, 3.05) is 13.2 Å². The van der Waals surface area contributed by atoms with Crippen LogP contribution in [0.1, 0.15) is 24.4 Å². The Labute approximate surface area is 94.9 Å². The number of amides is 1. The van der Waals surface area contributed by atoms with Crippen molar-refractivity contribution in [3.05, 3.63) is 35.9 Å². The summed E-state index contributed by atoms with van der Waals surface area (Å²) >= 11 is 0. The van der Waals surface area contributed by atoms with Gasteiger partial charge >= 0.3 is 0 Å². The van der Waals surface area contributed by atoms with E-state index in [4.69, 9.17) is 5.11 Å². The fraction of sp³-hybridized carbons (Fsp3) is 0.417. The Morgan fingerprint density at radius 2 is 1.94 bits per heavy atom. The molecular formula is C12H17NO3. The highest BCUT2D eigenvalue weighted by Gasteiger charge is 2.12. The maximum absolute atomic E-state index is 11.4. The molecule has 1 rings (SSSR count). The number of rotatable bonds is 6. The van der Waals surface area contributed by atoms with E-state index in [2.05, 4.69) is 5.32 Å². The third-order valence-electron chi connectivity index (χ3n) is 2.28. The maximum atomic E-state index is 11.4. The van der Waals surface area contributed by atoms with E-state index in [-0.39, 0.29) is 31.6 Å². The topological polar surface area (TPSA) is 69.6 Å². The first-order valence-corrected chi connectivity index (χ1v) is 5.34. The summed E-state index contributed by atoms with van der Waals surface area (Å²) in [6.07, 6.45) is 0.721. The van der Waals surface area contributed by atoms with Gasteiger partial charge in [0.1, 0.15) is 0 Å². The number of aliphatic hydroxyl groups is 2. The molecule has 1 unspecified atom stereocenters. The van der Waals surface area contributed by atoms with E-state index in [1.807, 2.05) is 30.3 Å². The SMILES string of the molecule is O=C(CCCO)NC(CO)c1ccccc1. The molecule has 16 heavy (non-hydrogen) atoms. The molecule has 0 fully saturated rings. The lowest BCUT2D eigenvalue weighted by atomic mass is 10.1. The third-order valence-corrected chi connectivity index (χ3v) is 2.28. The average molecular weight is 223 g/mol. The van der Waals surface area contributed by atoms with E-state index < -0.39 is 0 Å². The minimum atomic E-state index is -0.368. The van der Waals surface area contributed by atoms with E-state index in [1.54, 1.807) is 0 Å². The number of nitrogens with one attached hydrogen (secondary N) is 1. The summed E-state index contributed by atoms with van der Waals surface area (Å²) in [4.78, 5) is 11.4. The molecule has 88 valence electrons. The summed E-state index contributed by atoms with van der Waals surface area (Å²) in [5, 5.41) is 20.5. The van der Waals surface area contributed by atoms with E-state index >= 15 is 0 Å². The first kappa shape index (κ1) is 12.7. The summed E-state index contributed by atoms with van der Waals surface area (Å²) in [7, 11) is 0. The Kier molecular flexibility index (Phi) is 5.53. The van der Waals surface area contributed by atoms with E-state index in [0.717, 1.165) is 5.56 Å². The van der Waals surface area contributed by atoms with Gasteiger partial charge in [0.15, 0.2) is 0 Å². The van der Waals surface area contributed by atoms with Crippen molar-refractivity contribution in [2.24, 2.45) is 0 Å². The number of benzene rings is 1. The molecule has 0 aliphatic carbocycles. The second-order valence-corrected chi connectivity index (χ2v) is 3.54. The molecule has 3 N–H and O–H groups in total. The maximum Gasteiger partial charge on any atom is 0.220 e. The van der Waals surface area contributed by atoms with Gasteiger partial charge in [-0.05, 0) is 12.0 Å². The lowest BCUT2D eigenvalue weighted by Crippen LogP contribution is -2.30. The van der Waals surface area contributed by atoms with Gasteiger partial charge in [0, 0.05) is 13.0 Å². The molecule has 0 radical (unpaired) electrons. The Balaban J connectivity index is 2.52. The van der Waals surface area contributed by atoms with Crippen molar-refractivity contribution >= 4 is 5.91 Å². The van der Waals surface area contributed by atoms with Crippen molar-refractivity contribution in [1.82, 2.24) is 5.32 Å². The van der Waals surface area contributed by atoms with Crippen molar-refractivity contribution in [3.63, 3.8) is 0 Å². The van der Waals surface area contributed by atoms with Gasteiger partial charge in [-0.2, -0.15) is 0 Å². The normalized spacial score (nSPS) is 12.1. The highest BCUT2D eigenvalue weighted by Crippen LogP contribution is 2.11. The fourth-order valence-electron chi connectivity index (χ4n) is 1.43. The lowest BCUT2D eigenvalue weighted by molar-refractivity contribution is -0.122. The molecule has 0 bridgehead atoms. The minimum absolute atomic E-state index is 0.00253. The molecule has 0 saturated carbocycles. The lowest BCUT2D eigenvalue weighted by Gasteiger charge is -2.16. The van der Waals surface area contributed by atoms with Gasteiger partial charge in [-0.25, -0.2) is 0 Å². The number of carbonyl (C=O) groups excluding carboxylic acids is 1. The zero-order valence-electron chi connectivity index (χ0n) is 9.10. The van der Waals surface area contributed by atoms with Crippen LogP contribution in [0.2, 0.25) is 0 Å². The molecule has 1 atom stereocenters. The number of hydrogen-bond acceptors (Lipinski definition) is 3. The molecule has 0 heterocycles. The predicted octanol–water partition coefficient (Wildman–Crippen LogP) is 0.609. The molecule has 1 aromatic carbocycles. The first-order chi connectivity index (χ1) is 7.77. The van der Waals surface area contributed by atoms with Crippen LogP contribution in [0.3, 0.4) is 0 Å². The summed E-state index contributed by atoms with van der Waals surface area (Å²) in [5.41, 5.74) is 0.877. The molecular weight excluding hydrogens is 206 g/mol. The monoisotopic (exact) mass is 223 g/mol. The Morgan fingerprint density at radius 1 is 1.25 bits per heavy atom. The van der Waals surface area contributed by atoms with Crippen LogP contribution in [0.25, 0.3) is 0 Å². The molecule has 4 nitrogen and oxygen atoms in total. The molecule has 4 heteroatoms. The van der Waals surface area contributed by atoms with Gasteiger partial charge in [-0.15, -0.1) is 0 Å². The van der Waals surface area contributed by atoms with Crippen LogP contribution >= 0.6 is 0 Å². The number of hydrogen-bond donors (Lipinski definition) is 3. The van der Waals surface area contributed by atoms with Crippen molar-refractivity contribution in [2.45, 2.75) is 18.9 Å². The van der Waals surface area contributed by atoms with Crippen molar-refractivity contribution in [1.29, 1.82) is 0 Å². The highest BCUT2D eigenvalue weighted by atomic mass is 16.3. The number of carbonyl (C=O) groups is 1. The van der Waals surface area contributed by atoms with E-state index in [1.165, 1.54) is 0 Å². The molecule has 0 spiro atoms. The van der Waals surface area contributed by atoms with Crippen LogP contribution in [0, 0.1) is 0 Å². The average Bonchev–Trinajstić information content (AvgIpc) is 2.34. The van der Waals surface area contributed by atoms with Crippen LogP contribution in [0.15, 0.2) is 30.3 Å². The van der Waals surface area contributed by atoms with Crippen molar-refractivity contribution < 1.29 is 15.0 Å². The second-order valence-electron chi connectivity index (χ2n) is 3.54. The number of aliphatic hydroxyl groups excluding tert-OH is 2. The van der Waals surface area contributed by atoms with Crippen LogP contribution in [-0.4, -0.2) is 29.3 Å². The van der Waals surface area contributed by atoms with E-state index in [0.29, 0.717) is 6.42 Å². The predicted molar refractivity (Wildman–Crippen MR) is 60.7 cm³/mol. The van der Waals surface area contributed by atoms with Gasteiger partial charge < -0.3 is 15.5 Å². The van der Waals surface area contributed by atoms with Gasteiger partial charge in [0.05, 0.1) is 12.6 Å². The van der Waals surface area contributed by atoms with Crippen LogP contribution < -0.4 is 5.32 Å². The van der Waals surface area contributed by atoms with Crippen LogP contribution in [0.5, 0.6) is 0 Å². The Bertz CT molecular complexity index is 313. The van der Waals surface area contributed by atoms with Crippen molar-refractivity contribution in [3.8, 4) is 0 Å². The smallest absolute Gasteiger partial charge is 0.220 e. The minimum Gasteiger partial charge on any atom is -0.396 e. The van der Waals surface area contributed by atoms with Crippen LogP contribution in [0.4, 0.5) is 0 Å². The van der Waals surface area contributed by atoms with Gasteiger partial charge in [0.25, 0.3) is 0 Å². The fourth-order valence-corrected chi connectivity index (χ4v) is 1.43. The zero-order valence-corrected chi connectivity index (χ0v) is 9.10. The third kappa shape index (κ3) is 4.00. The van der Waals surface area contributed by atoms with Crippen LogP contribution in [-0.2, 0) is 4.79 Å². The second kappa shape index (κ2) is 6.98. The quantitative estimate of drug-likeness (QED) is 0.661. The van der Waals surface area contributed by atoms with E-state index in [9.17, 15) is 9.90 Å². The van der Waals surface area contributed by atoms with Gasteiger partial charge in [0.2, 0.25) is 5.91 Å². The first-order valence-electron chi connectivity index (χ1n) is 5.34. The summed E-state index contributed by atoms with van der Waals surface area (Å²) in [6.45, 7) is -0.128. The largest absolute Gasteiger partial charge is 0.396 e. The zero-order chi connectivity index (χ0) is 11.8. The molecule has 0 aromatic heterocycles. The van der Waals surface area contributed by atoms with Gasteiger partial charge in [-0.1, -0.05) is 30.3 Å². The summed E-state index contributed by atoms with van der Waals surface area (Å²) < 4.78 is 0. The molecule has 0 saturated heterocycles. The molecule has 0 aliphatic rings.